The Morgan fingerprint density at radius 1 is 1.11 bits per heavy atom. The van der Waals surface area contributed by atoms with Crippen LogP contribution in [0.25, 0.3) is 0 Å². The van der Waals surface area contributed by atoms with Crippen LogP contribution in [0.1, 0.15) is 17.0 Å². The fraction of sp³-hybridized carbons (Fsp3) is 0.214. The van der Waals surface area contributed by atoms with Gasteiger partial charge in [0.25, 0.3) is 0 Å². The summed E-state index contributed by atoms with van der Waals surface area (Å²) in [5.74, 6) is 0.244. The molecule has 1 heterocycles. The molecule has 0 unspecified atom stereocenters. The van der Waals surface area contributed by atoms with E-state index in [2.05, 4.69) is 0 Å². The van der Waals surface area contributed by atoms with Crippen LogP contribution < -0.4 is 4.73 Å². The molecule has 1 atom stereocenters. The van der Waals surface area contributed by atoms with E-state index >= 15 is 0 Å². The molecule has 0 saturated heterocycles. The predicted molar refractivity (Wildman–Crippen MR) is 71.4 cm³/mol. The van der Waals surface area contributed by atoms with Gasteiger partial charge in [0.15, 0.2) is 5.69 Å². The van der Waals surface area contributed by atoms with Gasteiger partial charge in [-0.25, -0.2) is 0 Å². The van der Waals surface area contributed by atoms with Gasteiger partial charge >= 0.3 is 0 Å². The van der Waals surface area contributed by atoms with Crippen LogP contribution in [-0.2, 0) is 16.6 Å². The standard InChI is InChI=1S/C14H15NO2S/c1-11-6-8-14(9-7-11)18(17)10-13-5-3-4-12(2)15(13)16/h3-9H,10H2,1-2H3/t18-/m1/s1. The highest BCUT2D eigenvalue weighted by Gasteiger charge is 2.12. The van der Waals surface area contributed by atoms with Crippen molar-refractivity contribution in [1.82, 2.24) is 0 Å². The fourth-order valence-corrected chi connectivity index (χ4v) is 2.76. The lowest BCUT2D eigenvalue weighted by molar-refractivity contribution is -0.619. The van der Waals surface area contributed by atoms with Crippen LogP contribution in [0.4, 0.5) is 0 Å². The average molecular weight is 261 g/mol. The monoisotopic (exact) mass is 261 g/mol. The van der Waals surface area contributed by atoms with E-state index in [1.54, 1.807) is 19.1 Å². The molecule has 2 rings (SSSR count). The number of nitrogens with zero attached hydrogens (tertiary/aromatic N) is 1. The molecule has 0 saturated carbocycles. The van der Waals surface area contributed by atoms with Crippen molar-refractivity contribution in [2.75, 3.05) is 0 Å². The molecule has 1 aromatic carbocycles. The highest BCUT2D eigenvalue weighted by molar-refractivity contribution is 7.84. The fourth-order valence-electron chi connectivity index (χ4n) is 1.67. The van der Waals surface area contributed by atoms with Crippen molar-refractivity contribution in [2.24, 2.45) is 0 Å². The van der Waals surface area contributed by atoms with E-state index < -0.39 is 10.8 Å². The van der Waals surface area contributed by atoms with Gasteiger partial charge in [0, 0.05) is 24.0 Å². The first-order chi connectivity index (χ1) is 8.58. The molecule has 0 fully saturated rings. The number of hydrogen-bond donors (Lipinski definition) is 0. The second-order valence-corrected chi connectivity index (χ2v) is 5.71. The Morgan fingerprint density at radius 3 is 2.44 bits per heavy atom. The van der Waals surface area contributed by atoms with Gasteiger partial charge < -0.3 is 5.21 Å². The van der Waals surface area contributed by atoms with Crippen molar-refractivity contribution in [3.63, 3.8) is 0 Å². The molecule has 94 valence electrons. The minimum Gasteiger partial charge on any atom is -0.618 e. The summed E-state index contributed by atoms with van der Waals surface area (Å²) in [4.78, 5) is 0.752. The highest BCUT2D eigenvalue weighted by Crippen LogP contribution is 2.11. The molecule has 2 aromatic rings. The Hall–Kier alpha value is -1.68. The van der Waals surface area contributed by atoms with E-state index in [-0.39, 0.29) is 5.75 Å². The third-order valence-corrected chi connectivity index (χ3v) is 4.13. The highest BCUT2D eigenvalue weighted by atomic mass is 32.2. The van der Waals surface area contributed by atoms with Crippen LogP contribution in [-0.4, -0.2) is 4.21 Å². The second kappa shape index (κ2) is 5.31. The van der Waals surface area contributed by atoms with E-state index in [9.17, 15) is 9.42 Å². The summed E-state index contributed by atoms with van der Waals surface area (Å²) >= 11 is 0. The molecular formula is C14H15NO2S. The van der Waals surface area contributed by atoms with Gasteiger partial charge in [-0.15, -0.1) is 0 Å². The topological polar surface area (TPSA) is 44.0 Å². The lowest BCUT2D eigenvalue weighted by atomic mass is 10.2. The van der Waals surface area contributed by atoms with E-state index in [1.165, 1.54) is 0 Å². The van der Waals surface area contributed by atoms with Crippen LogP contribution in [0, 0.1) is 19.1 Å². The average Bonchev–Trinajstić information content (AvgIpc) is 2.36. The predicted octanol–water partition coefficient (Wildman–Crippen LogP) is 2.24. The molecule has 0 aliphatic rings. The van der Waals surface area contributed by atoms with E-state index in [0.29, 0.717) is 11.4 Å². The lowest BCUT2D eigenvalue weighted by Gasteiger charge is -2.07. The van der Waals surface area contributed by atoms with E-state index in [4.69, 9.17) is 0 Å². The van der Waals surface area contributed by atoms with Crippen molar-refractivity contribution in [2.45, 2.75) is 24.5 Å². The largest absolute Gasteiger partial charge is 0.618 e. The Bertz CT molecular complexity index is 579. The van der Waals surface area contributed by atoms with Gasteiger partial charge in [0.1, 0.15) is 5.75 Å². The molecular weight excluding hydrogens is 246 g/mol. The SMILES string of the molecule is Cc1ccc([S@](=O)Cc2cccc(C)[n+]2[O-])cc1. The Kier molecular flexibility index (Phi) is 3.77. The minimum atomic E-state index is -1.18. The van der Waals surface area contributed by atoms with Gasteiger partial charge in [-0.2, -0.15) is 4.73 Å². The van der Waals surface area contributed by atoms with Crippen LogP contribution in [0.15, 0.2) is 47.4 Å². The molecule has 0 spiro atoms. The molecule has 0 aliphatic heterocycles. The van der Waals surface area contributed by atoms with Crippen molar-refractivity contribution in [3.05, 3.63) is 64.6 Å². The molecule has 0 bridgehead atoms. The zero-order chi connectivity index (χ0) is 13.1. The normalized spacial score (nSPS) is 12.3. The maximum Gasteiger partial charge on any atom is 0.205 e. The van der Waals surface area contributed by atoms with Gasteiger partial charge in [0.05, 0.1) is 10.8 Å². The molecule has 4 heteroatoms. The van der Waals surface area contributed by atoms with Gasteiger partial charge in [0.2, 0.25) is 5.69 Å². The summed E-state index contributed by atoms with van der Waals surface area (Å²) in [6.07, 6.45) is 0. The van der Waals surface area contributed by atoms with Crippen LogP contribution in [0.2, 0.25) is 0 Å². The number of aromatic nitrogens is 1. The Morgan fingerprint density at radius 2 is 1.78 bits per heavy atom. The quantitative estimate of drug-likeness (QED) is 0.628. The van der Waals surface area contributed by atoms with Crippen molar-refractivity contribution >= 4 is 10.8 Å². The number of benzene rings is 1. The molecule has 3 nitrogen and oxygen atoms in total. The van der Waals surface area contributed by atoms with Crippen LogP contribution in [0.3, 0.4) is 0 Å². The van der Waals surface area contributed by atoms with Crippen molar-refractivity contribution in [3.8, 4) is 0 Å². The first-order valence-electron chi connectivity index (χ1n) is 5.71. The van der Waals surface area contributed by atoms with E-state index in [1.807, 2.05) is 37.3 Å². The first kappa shape index (κ1) is 12.8. The number of aryl methyl sites for hydroxylation is 2. The summed E-state index contributed by atoms with van der Waals surface area (Å²) in [6, 6.07) is 12.8. The van der Waals surface area contributed by atoms with Gasteiger partial charge in [-0.05, 0) is 25.1 Å². The number of pyridine rings is 1. The maximum absolute atomic E-state index is 12.1. The zero-order valence-corrected chi connectivity index (χ0v) is 11.2. The van der Waals surface area contributed by atoms with Crippen molar-refractivity contribution in [1.29, 1.82) is 0 Å². The molecule has 0 amide bonds. The lowest BCUT2D eigenvalue weighted by Crippen LogP contribution is -2.35. The summed E-state index contributed by atoms with van der Waals surface area (Å²) in [7, 11) is -1.18. The van der Waals surface area contributed by atoms with Gasteiger partial charge in [-0.1, -0.05) is 17.7 Å². The first-order valence-corrected chi connectivity index (χ1v) is 7.03. The minimum absolute atomic E-state index is 0.244. The second-order valence-electron chi connectivity index (χ2n) is 4.26. The summed E-state index contributed by atoms with van der Waals surface area (Å²) in [5, 5.41) is 11.8. The summed E-state index contributed by atoms with van der Waals surface area (Å²) in [5.41, 5.74) is 2.28. The molecule has 0 N–H and O–H groups in total. The Labute approximate surface area is 109 Å². The molecule has 0 aliphatic carbocycles. The van der Waals surface area contributed by atoms with E-state index in [0.717, 1.165) is 15.2 Å². The molecule has 18 heavy (non-hydrogen) atoms. The molecule has 0 radical (unpaired) electrons. The van der Waals surface area contributed by atoms with Gasteiger partial charge in [-0.3, -0.25) is 4.21 Å². The summed E-state index contributed by atoms with van der Waals surface area (Å²) < 4.78 is 13.0. The third-order valence-electron chi connectivity index (χ3n) is 2.77. The zero-order valence-electron chi connectivity index (χ0n) is 10.4. The maximum atomic E-state index is 12.1. The number of rotatable bonds is 3. The number of hydrogen-bond acceptors (Lipinski definition) is 2. The van der Waals surface area contributed by atoms with Crippen LogP contribution >= 0.6 is 0 Å². The van der Waals surface area contributed by atoms with Crippen LogP contribution in [0.5, 0.6) is 0 Å². The Balaban J connectivity index is 2.21. The summed E-state index contributed by atoms with van der Waals surface area (Å²) in [6.45, 7) is 3.73. The van der Waals surface area contributed by atoms with Crippen molar-refractivity contribution < 1.29 is 8.94 Å². The third kappa shape index (κ3) is 2.76. The smallest absolute Gasteiger partial charge is 0.205 e. The molecule has 1 aromatic heterocycles.